The van der Waals surface area contributed by atoms with E-state index in [9.17, 15) is 14.4 Å². The zero-order valence-electron chi connectivity index (χ0n) is 21.0. The largest absolute Gasteiger partial charge is 0.465 e. The first kappa shape index (κ1) is 26.4. The SMILES string of the molecule is CCOC(=O)C1=C(C)N=C(C)C(C(=O)OCC)C1c1ccccc1C=CC(=O)OC1CCCCC1. The predicted molar refractivity (Wildman–Crippen MR) is 134 cm³/mol. The predicted octanol–water partition coefficient (Wildman–Crippen LogP) is 5.15. The molecule has 7 nitrogen and oxygen atoms in total. The molecule has 2 aliphatic rings. The Morgan fingerprint density at radius 3 is 2.37 bits per heavy atom. The van der Waals surface area contributed by atoms with Crippen molar-refractivity contribution in [3.63, 3.8) is 0 Å². The summed E-state index contributed by atoms with van der Waals surface area (Å²) >= 11 is 0. The third-order valence-electron chi connectivity index (χ3n) is 6.43. The fraction of sp³-hybridized carbons (Fsp3) is 0.500. The fourth-order valence-corrected chi connectivity index (χ4v) is 4.87. The molecule has 0 aromatic heterocycles. The van der Waals surface area contributed by atoms with Gasteiger partial charge in [-0.25, -0.2) is 9.59 Å². The van der Waals surface area contributed by atoms with Crippen LogP contribution in [0.5, 0.6) is 0 Å². The van der Waals surface area contributed by atoms with Crippen LogP contribution in [-0.4, -0.2) is 42.9 Å². The van der Waals surface area contributed by atoms with Gasteiger partial charge in [-0.05, 0) is 70.6 Å². The average Bonchev–Trinajstić information content (AvgIpc) is 2.83. The van der Waals surface area contributed by atoms with E-state index >= 15 is 0 Å². The van der Waals surface area contributed by atoms with Crippen LogP contribution in [0.1, 0.15) is 76.8 Å². The Bertz CT molecular complexity index is 1030. The van der Waals surface area contributed by atoms with Crippen LogP contribution in [0.3, 0.4) is 0 Å². The molecule has 0 spiro atoms. The highest BCUT2D eigenvalue weighted by molar-refractivity contribution is 6.07. The van der Waals surface area contributed by atoms with Crippen LogP contribution in [0.25, 0.3) is 6.08 Å². The number of ether oxygens (including phenoxy) is 3. The van der Waals surface area contributed by atoms with E-state index in [1.165, 1.54) is 12.5 Å². The highest BCUT2D eigenvalue weighted by Crippen LogP contribution is 2.41. The molecule has 1 aliphatic heterocycles. The van der Waals surface area contributed by atoms with E-state index in [2.05, 4.69) is 4.99 Å². The van der Waals surface area contributed by atoms with Crippen LogP contribution in [0.2, 0.25) is 0 Å². The molecular weight excluding hydrogens is 446 g/mol. The lowest BCUT2D eigenvalue weighted by atomic mass is 9.74. The minimum absolute atomic E-state index is 0.0393. The number of carbonyl (C=O) groups is 3. The van der Waals surface area contributed by atoms with Gasteiger partial charge in [-0.3, -0.25) is 9.79 Å². The summed E-state index contributed by atoms with van der Waals surface area (Å²) in [6.45, 7) is 7.39. The molecule has 1 aliphatic carbocycles. The van der Waals surface area contributed by atoms with Crippen molar-refractivity contribution in [2.75, 3.05) is 13.2 Å². The maximum absolute atomic E-state index is 13.1. The van der Waals surface area contributed by atoms with E-state index in [1.54, 1.807) is 33.8 Å². The summed E-state index contributed by atoms with van der Waals surface area (Å²) in [4.78, 5) is 43.1. The summed E-state index contributed by atoms with van der Waals surface area (Å²) in [5.74, 6) is -2.82. The van der Waals surface area contributed by atoms with Crippen molar-refractivity contribution >= 4 is 29.7 Å². The van der Waals surface area contributed by atoms with Gasteiger partial charge in [0.2, 0.25) is 0 Å². The van der Waals surface area contributed by atoms with Crippen LogP contribution < -0.4 is 0 Å². The summed E-state index contributed by atoms with van der Waals surface area (Å²) < 4.78 is 16.3. The van der Waals surface area contributed by atoms with E-state index in [1.807, 2.05) is 24.3 Å². The molecule has 0 saturated heterocycles. The van der Waals surface area contributed by atoms with Gasteiger partial charge < -0.3 is 14.2 Å². The maximum atomic E-state index is 13.1. The lowest BCUT2D eigenvalue weighted by molar-refractivity contribution is -0.146. The number of benzene rings is 1. The molecular formula is C28H35NO6. The molecule has 1 saturated carbocycles. The standard InChI is InChI=1S/C28H35NO6/c1-5-33-27(31)24-18(3)29-19(4)25(28(32)34-6-2)26(24)22-15-11-10-12-20(22)16-17-23(30)35-21-13-8-7-9-14-21/h10-12,15-17,21,24,26H,5-9,13-14H2,1-4H3. The summed E-state index contributed by atoms with van der Waals surface area (Å²) in [7, 11) is 0. The van der Waals surface area contributed by atoms with Crippen molar-refractivity contribution in [1.82, 2.24) is 0 Å². The van der Waals surface area contributed by atoms with Gasteiger partial charge in [0.25, 0.3) is 0 Å². The van der Waals surface area contributed by atoms with Crippen LogP contribution in [-0.2, 0) is 28.6 Å². The highest BCUT2D eigenvalue weighted by Gasteiger charge is 2.43. The molecule has 1 aromatic carbocycles. The Kier molecular flexibility index (Phi) is 9.40. The molecule has 0 amide bonds. The molecule has 1 aromatic rings. The first-order valence-electron chi connectivity index (χ1n) is 12.4. The Balaban J connectivity index is 2.00. The van der Waals surface area contributed by atoms with E-state index in [4.69, 9.17) is 14.2 Å². The summed E-state index contributed by atoms with van der Waals surface area (Å²) in [5.41, 5.74) is 2.80. The second kappa shape index (κ2) is 12.5. The van der Waals surface area contributed by atoms with Gasteiger partial charge in [0.15, 0.2) is 0 Å². The van der Waals surface area contributed by atoms with Gasteiger partial charge in [-0.15, -0.1) is 0 Å². The molecule has 188 valence electrons. The number of rotatable bonds is 8. The van der Waals surface area contributed by atoms with Crippen LogP contribution in [0.15, 0.2) is 46.6 Å². The van der Waals surface area contributed by atoms with Gasteiger partial charge in [-0.2, -0.15) is 0 Å². The zero-order valence-corrected chi connectivity index (χ0v) is 21.0. The van der Waals surface area contributed by atoms with Crippen molar-refractivity contribution in [2.24, 2.45) is 10.9 Å². The van der Waals surface area contributed by atoms with Gasteiger partial charge in [-0.1, -0.05) is 30.7 Å². The first-order chi connectivity index (χ1) is 16.9. The smallest absolute Gasteiger partial charge is 0.336 e. The number of aliphatic imine (C=N–C) groups is 1. The van der Waals surface area contributed by atoms with Crippen molar-refractivity contribution in [1.29, 1.82) is 0 Å². The zero-order chi connectivity index (χ0) is 25.4. The molecule has 3 rings (SSSR count). The molecule has 0 bridgehead atoms. The maximum Gasteiger partial charge on any atom is 0.336 e. The van der Waals surface area contributed by atoms with E-state index in [0.717, 1.165) is 25.7 Å². The Hall–Kier alpha value is -3.22. The summed E-state index contributed by atoms with van der Waals surface area (Å²) in [6, 6.07) is 7.39. The molecule has 1 fully saturated rings. The molecule has 2 atom stereocenters. The summed E-state index contributed by atoms with van der Waals surface area (Å²) in [5, 5.41) is 0. The lowest BCUT2D eigenvalue weighted by Crippen LogP contribution is -2.36. The third-order valence-corrected chi connectivity index (χ3v) is 6.43. The van der Waals surface area contributed by atoms with Crippen LogP contribution in [0, 0.1) is 5.92 Å². The number of nitrogens with zero attached hydrogens (tertiary/aromatic N) is 1. The van der Waals surface area contributed by atoms with Crippen molar-refractivity contribution in [3.05, 3.63) is 52.7 Å². The second-order valence-corrected chi connectivity index (χ2v) is 8.84. The monoisotopic (exact) mass is 481 g/mol. The quantitative estimate of drug-likeness (QED) is 0.290. The topological polar surface area (TPSA) is 91.3 Å². The minimum atomic E-state index is -0.790. The average molecular weight is 482 g/mol. The molecule has 0 N–H and O–H groups in total. The van der Waals surface area contributed by atoms with Crippen molar-refractivity contribution in [3.8, 4) is 0 Å². The van der Waals surface area contributed by atoms with Gasteiger partial charge >= 0.3 is 17.9 Å². The number of allylic oxidation sites excluding steroid dienone is 1. The Morgan fingerprint density at radius 2 is 1.69 bits per heavy atom. The van der Waals surface area contributed by atoms with Crippen molar-refractivity contribution < 1.29 is 28.6 Å². The van der Waals surface area contributed by atoms with Gasteiger partial charge in [0.05, 0.1) is 18.8 Å². The van der Waals surface area contributed by atoms with Gasteiger partial charge in [0, 0.05) is 23.4 Å². The highest BCUT2D eigenvalue weighted by atomic mass is 16.5. The fourth-order valence-electron chi connectivity index (χ4n) is 4.87. The second-order valence-electron chi connectivity index (χ2n) is 8.84. The van der Waals surface area contributed by atoms with E-state index in [0.29, 0.717) is 28.1 Å². The molecule has 7 heteroatoms. The first-order valence-corrected chi connectivity index (χ1v) is 12.4. The van der Waals surface area contributed by atoms with E-state index in [-0.39, 0.29) is 19.3 Å². The van der Waals surface area contributed by atoms with Crippen LogP contribution >= 0.6 is 0 Å². The number of carbonyl (C=O) groups excluding carboxylic acids is 3. The van der Waals surface area contributed by atoms with Crippen LogP contribution in [0.4, 0.5) is 0 Å². The van der Waals surface area contributed by atoms with Crippen molar-refractivity contribution in [2.45, 2.75) is 71.8 Å². The number of hydrogen-bond acceptors (Lipinski definition) is 7. The lowest BCUT2D eigenvalue weighted by Gasteiger charge is -2.32. The molecule has 1 heterocycles. The normalized spacial score (nSPS) is 21.0. The molecule has 35 heavy (non-hydrogen) atoms. The number of hydrogen-bond donors (Lipinski definition) is 0. The number of esters is 3. The molecule has 2 unspecified atom stereocenters. The van der Waals surface area contributed by atoms with E-state index < -0.39 is 29.7 Å². The molecule has 0 radical (unpaired) electrons. The minimum Gasteiger partial charge on any atom is -0.465 e. The van der Waals surface area contributed by atoms with Gasteiger partial charge in [0.1, 0.15) is 12.0 Å². The summed E-state index contributed by atoms with van der Waals surface area (Å²) in [6.07, 6.45) is 8.17. The third kappa shape index (κ3) is 6.47. The Morgan fingerprint density at radius 1 is 1.00 bits per heavy atom. The Labute approximate surface area is 207 Å².